The summed E-state index contributed by atoms with van der Waals surface area (Å²) in [6.45, 7) is 6.80. The number of nitrogens with one attached hydrogen (secondary N) is 1. The van der Waals surface area contributed by atoms with Crippen molar-refractivity contribution in [3.05, 3.63) is 24.3 Å². The molecule has 1 aliphatic heterocycles. The number of anilines is 1. The van der Waals surface area contributed by atoms with Crippen LogP contribution in [0.1, 0.15) is 19.3 Å². The minimum absolute atomic E-state index is 0.774. The summed E-state index contributed by atoms with van der Waals surface area (Å²) in [5, 5.41) is 3.47. The SMILES string of the molecule is c1ccc2c(c1)nc(N1CCCNCC1)n2CCOCC1CC1. The molecule has 1 aromatic carbocycles. The molecule has 0 unspecified atom stereocenters. The van der Waals surface area contributed by atoms with Crippen LogP contribution in [0, 0.1) is 5.92 Å². The second kappa shape index (κ2) is 6.89. The molecule has 1 N–H and O–H groups in total. The number of para-hydroxylation sites is 2. The van der Waals surface area contributed by atoms with Crippen molar-refractivity contribution >= 4 is 17.0 Å². The normalized spacial score (nSPS) is 19.2. The minimum Gasteiger partial charge on any atom is -0.379 e. The number of rotatable bonds is 6. The van der Waals surface area contributed by atoms with Crippen molar-refractivity contribution in [2.75, 3.05) is 44.3 Å². The van der Waals surface area contributed by atoms with Crippen LogP contribution in [0.2, 0.25) is 0 Å². The van der Waals surface area contributed by atoms with E-state index in [4.69, 9.17) is 9.72 Å². The summed E-state index contributed by atoms with van der Waals surface area (Å²) in [5.41, 5.74) is 2.30. The number of fused-ring (bicyclic) bond motifs is 1. The molecule has 2 heterocycles. The lowest BCUT2D eigenvalue weighted by Crippen LogP contribution is -2.30. The number of ether oxygens (including phenoxy) is 1. The highest BCUT2D eigenvalue weighted by molar-refractivity contribution is 5.78. The zero-order valence-electron chi connectivity index (χ0n) is 13.7. The molecule has 0 amide bonds. The Morgan fingerprint density at radius 3 is 3.00 bits per heavy atom. The molecule has 2 aromatic rings. The lowest BCUT2D eigenvalue weighted by molar-refractivity contribution is 0.118. The maximum Gasteiger partial charge on any atom is 0.206 e. The topological polar surface area (TPSA) is 42.3 Å². The van der Waals surface area contributed by atoms with Crippen LogP contribution in [0.15, 0.2) is 24.3 Å². The first-order chi connectivity index (χ1) is 11.4. The fourth-order valence-corrected chi connectivity index (χ4v) is 3.26. The summed E-state index contributed by atoms with van der Waals surface area (Å²) >= 11 is 0. The first-order valence-electron chi connectivity index (χ1n) is 8.90. The lowest BCUT2D eigenvalue weighted by atomic mass is 10.3. The van der Waals surface area contributed by atoms with Crippen LogP contribution < -0.4 is 10.2 Å². The van der Waals surface area contributed by atoms with Crippen molar-refractivity contribution in [1.29, 1.82) is 0 Å². The number of hydrogen-bond donors (Lipinski definition) is 1. The molecule has 1 aromatic heterocycles. The van der Waals surface area contributed by atoms with Gasteiger partial charge in [-0.2, -0.15) is 0 Å². The molecule has 0 spiro atoms. The van der Waals surface area contributed by atoms with E-state index in [1.807, 2.05) is 0 Å². The lowest BCUT2D eigenvalue weighted by Gasteiger charge is -2.22. The van der Waals surface area contributed by atoms with Crippen LogP contribution in [0.5, 0.6) is 0 Å². The van der Waals surface area contributed by atoms with Gasteiger partial charge in [0.1, 0.15) is 0 Å². The molecular weight excluding hydrogens is 288 g/mol. The molecule has 0 atom stereocenters. The largest absolute Gasteiger partial charge is 0.379 e. The first kappa shape index (κ1) is 15.0. The van der Waals surface area contributed by atoms with Gasteiger partial charge in [0, 0.05) is 32.8 Å². The van der Waals surface area contributed by atoms with Crippen molar-refractivity contribution in [3.8, 4) is 0 Å². The number of hydrogen-bond acceptors (Lipinski definition) is 4. The molecule has 5 heteroatoms. The first-order valence-corrected chi connectivity index (χ1v) is 8.90. The van der Waals surface area contributed by atoms with Crippen molar-refractivity contribution in [2.45, 2.75) is 25.8 Å². The highest BCUT2D eigenvalue weighted by atomic mass is 16.5. The van der Waals surface area contributed by atoms with Crippen molar-refractivity contribution < 1.29 is 4.74 Å². The Morgan fingerprint density at radius 1 is 1.17 bits per heavy atom. The van der Waals surface area contributed by atoms with Gasteiger partial charge in [-0.05, 0) is 43.9 Å². The molecule has 0 bridgehead atoms. The summed E-state index contributed by atoms with van der Waals surface area (Å²) in [6.07, 6.45) is 3.86. The van der Waals surface area contributed by atoms with E-state index in [0.29, 0.717) is 0 Å². The van der Waals surface area contributed by atoms with Gasteiger partial charge in [-0.25, -0.2) is 4.98 Å². The second-order valence-electron chi connectivity index (χ2n) is 6.66. The van der Waals surface area contributed by atoms with Gasteiger partial charge in [0.05, 0.1) is 17.6 Å². The molecule has 0 radical (unpaired) electrons. The van der Waals surface area contributed by atoms with Gasteiger partial charge in [0.25, 0.3) is 0 Å². The second-order valence-corrected chi connectivity index (χ2v) is 6.66. The molecular formula is C18H26N4O. The van der Waals surface area contributed by atoms with E-state index in [1.165, 1.54) is 24.8 Å². The third-order valence-corrected chi connectivity index (χ3v) is 4.77. The van der Waals surface area contributed by atoms with Gasteiger partial charge < -0.3 is 19.5 Å². The van der Waals surface area contributed by atoms with E-state index in [9.17, 15) is 0 Å². The predicted molar refractivity (Wildman–Crippen MR) is 93.0 cm³/mol. The van der Waals surface area contributed by atoms with Gasteiger partial charge in [0.15, 0.2) is 0 Å². The minimum atomic E-state index is 0.774. The zero-order valence-corrected chi connectivity index (χ0v) is 13.7. The van der Waals surface area contributed by atoms with Crippen molar-refractivity contribution in [3.63, 3.8) is 0 Å². The molecule has 4 rings (SSSR count). The summed E-state index contributed by atoms with van der Waals surface area (Å²) in [7, 11) is 0. The number of benzene rings is 1. The third-order valence-electron chi connectivity index (χ3n) is 4.77. The Labute approximate surface area is 137 Å². The Kier molecular flexibility index (Phi) is 4.48. The maximum atomic E-state index is 5.87. The molecule has 2 aliphatic rings. The van der Waals surface area contributed by atoms with Gasteiger partial charge in [-0.3, -0.25) is 0 Å². The van der Waals surface area contributed by atoms with Crippen LogP contribution in [-0.4, -0.2) is 48.9 Å². The fraction of sp³-hybridized carbons (Fsp3) is 0.611. The van der Waals surface area contributed by atoms with Crippen LogP contribution in [0.4, 0.5) is 5.95 Å². The van der Waals surface area contributed by atoms with Gasteiger partial charge in [-0.15, -0.1) is 0 Å². The van der Waals surface area contributed by atoms with E-state index in [2.05, 4.69) is 39.0 Å². The van der Waals surface area contributed by atoms with Crippen molar-refractivity contribution in [1.82, 2.24) is 14.9 Å². The molecule has 2 fully saturated rings. The number of aromatic nitrogens is 2. The highest BCUT2D eigenvalue weighted by Crippen LogP contribution is 2.29. The molecule has 5 nitrogen and oxygen atoms in total. The molecule has 1 saturated heterocycles. The zero-order chi connectivity index (χ0) is 15.5. The summed E-state index contributed by atoms with van der Waals surface area (Å²) in [6, 6.07) is 8.44. The molecule has 124 valence electrons. The van der Waals surface area contributed by atoms with Gasteiger partial charge in [0.2, 0.25) is 5.95 Å². The van der Waals surface area contributed by atoms with Crippen LogP contribution in [-0.2, 0) is 11.3 Å². The maximum absolute atomic E-state index is 5.87. The van der Waals surface area contributed by atoms with Crippen LogP contribution >= 0.6 is 0 Å². The van der Waals surface area contributed by atoms with Crippen LogP contribution in [0.3, 0.4) is 0 Å². The average Bonchev–Trinajstić information content (AvgIpc) is 3.37. The summed E-state index contributed by atoms with van der Waals surface area (Å²) in [5.74, 6) is 1.93. The van der Waals surface area contributed by atoms with E-state index in [-0.39, 0.29) is 0 Å². The summed E-state index contributed by atoms with van der Waals surface area (Å²) in [4.78, 5) is 7.33. The van der Waals surface area contributed by atoms with E-state index < -0.39 is 0 Å². The Bertz CT molecular complexity index is 642. The fourth-order valence-electron chi connectivity index (χ4n) is 3.26. The standard InChI is InChI=1S/C18H26N4O/c1-2-5-17-16(4-1)20-18(21-10-3-8-19-9-11-21)22(17)12-13-23-14-15-6-7-15/h1-2,4-5,15,19H,3,6-14H2. The third kappa shape index (κ3) is 3.51. The van der Waals surface area contributed by atoms with E-state index in [1.54, 1.807) is 0 Å². The van der Waals surface area contributed by atoms with E-state index in [0.717, 1.165) is 63.3 Å². The van der Waals surface area contributed by atoms with Crippen LogP contribution in [0.25, 0.3) is 11.0 Å². The van der Waals surface area contributed by atoms with Gasteiger partial charge >= 0.3 is 0 Å². The summed E-state index contributed by atoms with van der Waals surface area (Å²) < 4.78 is 8.21. The van der Waals surface area contributed by atoms with Crippen molar-refractivity contribution in [2.24, 2.45) is 5.92 Å². The monoisotopic (exact) mass is 314 g/mol. The van der Waals surface area contributed by atoms with E-state index >= 15 is 0 Å². The Morgan fingerprint density at radius 2 is 2.09 bits per heavy atom. The number of imidazole rings is 1. The molecule has 1 aliphatic carbocycles. The molecule has 23 heavy (non-hydrogen) atoms. The predicted octanol–water partition coefficient (Wildman–Crippen LogP) is 2.26. The highest BCUT2D eigenvalue weighted by Gasteiger charge is 2.21. The van der Waals surface area contributed by atoms with Gasteiger partial charge in [-0.1, -0.05) is 12.1 Å². The number of nitrogens with zero attached hydrogens (tertiary/aromatic N) is 3. The quantitative estimate of drug-likeness (QED) is 0.831. The molecule has 1 saturated carbocycles. The average molecular weight is 314 g/mol. The smallest absolute Gasteiger partial charge is 0.206 e. The Hall–Kier alpha value is -1.59. The Balaban J connectivity index is 1.55.